The number of halogens is 1. The third-order valence-corrected chi connectivity index (χ3v) is 11.8. The van der Waals surface area contributed by atoms with Gasteiger partial charge in [0.15, 0.2) is 0 Å². The van der Waals surface area contributed by atoms with Crippen molar-refractivity contribution in [1.82, 2.24) is 30.4 Å². The number of pyridine rings is 2. The monoisotopic (exact) mass is 883 g/mol. The van der Waals surface area contributed by atoms with Gasteiger partial charge in [0.25, 0.3) is 5.91 Å². The summed E-state index contributed by atoms with van der Waals surface area (Å²) in [6.45, 7) is 16.4. The first-order valence-electron chi connectivity index (χ1n) is 22.4. The number of aromatic nitrogens is 2. The van der Waals surface area contributed by atoms with Crippen molar-refractivity contribution in [2.75, 3.05) is 110 Å². The fourth-order valence-electron chi connectivity index (χ4n) is 8.14. The molecular weight excluding hydrogens is 816 g/mol. The van der Waals surface area contributed by atoms with Crippen molar-refractivity contribution < 1.29 is 32.9 Å². The molecule has 0 aliphatic carbocycles. The summed E-state index contributed by atoms with van der Waals surface area (Å²) in [5, 5.41) is 9.84. The number of hydrogen-bond donors (Lipinski definition) is 3. The van der Waals surface area contributed by atoms with Gasteiger partial charge in [0.1, 0.15) is 5.82 Å². The van der Waals surface area contributed by atoms with Crippen LogP contribution in [0.15, 0.2) is 79.1 Å². The highest BCUT2D eigenvalue weighted by Gasteiger charge is 2.41. The van der Waals surface area contributed by atoms with Crippen molar-refractivity contribution >= 4 is 23.2 Å². The maximum atomic E-state index is 14.1. The molecule has 14 nitrogen and oxygen atoms in total. The Morgan fingerprint density at radius 2 is 1.66 bits per heavy atom. The van der Waals surface area contributed by atoms with Gasteiger partial charge in [-0.05, 0) is 86.5 Å². The molecule has 0 spiro atoms. The fourth-order valence-corrected chi connectivity index (χ4v) is 8.14. The summed E-state index contributed by atoms with van der Waals surface area (Å²) in [4.78, 5) is 42.2. The normalized spacial score (nSPS) is 17.7. The highest BCUT2D eigenvalue weighted by atomic mass is 19.1. The minimum atomic E-state index is -0.336. The zero-order chi connectivity index (χ0) is 45.5. The number of hydrogen-bond acceptors (Lipinski definition) is 12. The number of piperazine rings is 1. The minimum absolute atomic E-state index is 0.0554. The molecule has 0 bridgehead atoms. The predicted octanol–water partition coefficient (Wildman–Crippen LogP) is 5.22. The molecule has 4 aromatic rings. The highest BCUT2D eigenvalue weighted by molar-refractivity contribution is 6.04. The Bertz CT molecular complexity index is 2080. The van der Waals surface area contributed by atoms with Gasteiger partial charge < -0.3 is 39.8 Å². The second kappa shape index (κ2) is 24.0. The van der Waals surface area contributed by atoms with Crippen LogP contribution in [0.25, 0.3) is 0 Å². The largest absolute Gasteiger partial charge is 0.383 e. The van der Waals surface area contributed by atoms with Crippen LogP contribution in [0.4, 0.5) is 15.8 Å². The van der Waals surface area contributed by atoms with Crippen LogP contribution in [-0.2, 0) is 42.1 Å². The summed E-state index contributed by atoms with van der Waals surface area (Å²) in [6.07, 6.45) is 3.85. The number of amides is 2. The summed E-state index contributed by atoms with van der Waals surface area (Å²) < 4.78 is 36.8. The molecule has 15 heteroatoms. The maximum absolute atomic E-state index is 14.1. The van der Waals surface area contributed by atoms with Crippen LogP contribution in [0.1, 0.15) is 72.2 Å². The van der Waals surface area contributed by atoms with Crippen molar-refractivity contribution in [1.29, 1.82) is 0 Å². The number of nitrogens with one attached hydrogen (secondary N) is 3. The number of carbonyl (C=O) groups excluding carboxylic acids is 2. The average Bonchev–Trinajstić information content (AvgIpc) is 3.54. The molecule has 2 aliphatic rings. The number of anilines is 2. The van der Waals surface area contributed by atoms with Crippen LogP contribution in [0, 0.1) is 5.82 Å². The van der Waals surface area contributed by atoms with E-state index in [-0.39, 0.29) is 41.2 Å². The second-order valence-electron chi connectivity index (χ2n) is 17.5. The molecule has 1 fully saturated rings. The molecule has 4 heterocycles. The third kappa shape index (κ3) is 14.1. The van der Waals surface area contributed by atoms with Crippen molar-refractivity contribution in [2.45, 2.75) is 64.2 Å². The molecule has 2 aromatic carbocycles. The van der Waals surface area contributed by atoms with Crippen molar-refractivity contribution in [3.63, 3.8) is 0 Å². The van der Waals surface area contributed by atoms with E-state index in [9.17, 15) is 14.0 Å². The van der Waals surface area contributed by atoms with Gasteiger partial charge in [0.05, 0.1) is 69.9 Å². The van der Waals surface area contributed by atoms with Gasteiger partial charge in [-0.25, -0.2) is 4.39 Å². The van der Waals surface area contributed by atoms with Crippen LogP contribution in [0.3, 0.4) is 0 Å². The molecule has 6 rings (SSSR count). The van der Waals surface area contributed by atoms with Gasteiger partial charge in [-0.1, -0.05) is 38.1 Å². The van der Waals surface area contributed by atoms with Gasteiger partial charge in [-0.2, -0.15) is 0 Å². The van der Waals surface area contributed by atoms with Gasteiger partial charge in [-0.3, -0.25) is 29.4 Å². The standard InChI is InChI=1S/C49H67FN8O6/c1-35-30-57(43(29-53-35)33-61-6)32-46(59)58-34-49(3,4)47-45(58)28-40(27-37-7-13-41(50)14-8-37)44(55-47)31-56(5)20-22-63-24-26-64-25-23-62-21-19-52-36(2)38-9-11-39(12-10-38)48(60)54-42-15-17-51-18-16-42/h7-18,28,35-36,43,52-53H,19-27,29-34H2,1-6H3,(H,51,54,60)/t35-,36-,43-/m1/s1. The first kappa shape index (κ1) is 48.7. The molecule has 0 saturated carbocycles. The van der Waals surface area contributed by atoms with E-state index in [1.165, 1.54) is 12.1 Å². The predicted molar refractivity (Wildman–Crippen MR) is 247 cm³/mol. The van der Waals surface area contributed by atoms with E-state index in [0.29, 0.717) is 96.6 Å². The number of carbonyl (C=O) groups is 2. The van der Waals surface area contributed by atoms with E-state index < -0.39 is 0 Å². The molecule has 2 amide bonds. The zero-order valence-electron chi connectivity index (χ0n) is 38.4. The molecule has 1 saturated heterocycles. The van der Waals surface area contributed by atoms with Gasteiger partial charge in [0, 0.05) is 93.6 Å². The summed E-state index contributed by atoms with van der Waals surface area (Å²) >= 11 is 0. The smallest absolute Gasteiger partial charge is 0.255 e. The van der Waals surface area contributed by atoms with Crippen LogP contribution in [-0.4, -0.2) is 143 Å². The van der Waals surface area contributed by atoms with Crippen molar-refractivity contribution in [3.8, 4) is 0 Å². The van der Waals surface area contributed by atoms with Crippen LogP contribution in [0.2, 0.25) is 0 Å². The first-order valence-corrected chi connectivity index (χ1v) is 22.4. The van der Waals surface area contributed by atoms with Crippen LogP contribution in [0.5, 0.6) is 0 Å². The lowest BCUT2D eigenvalue weighted by Crippen LogP contribution is -2.59. The van der Waals surface area contributed by atoms with E-state index >= 15 is 0 Å². The first-order chi connectivity index (χ1) is 30.9. The van der Waals surface area contributed by atoms with Crippen LogP contribution < -0.4 is 20.9 Å². The quantitative estimate of drug-likeness (QED) is 0.0795. The molecule has 2 aromatic heterocycles. The maximum Gasteiger partial charge on any atom is 0.255 e. The van der Waals surface area contributed by atoms with Gasteiger partial charge in [0.2, 0.25) is 5.91 Å². The van der Waals surface area contributed by atoms with E-state index in [4.69, 9.17) is 23.9 Å². The Morgan fingerprint density at radius 1 is 0.969 bits per heavy atom. The molecular formula is C49H67FN8O6. The van der Waals surface area contributed by atoms with Crippen molar-refractivity contribution in [3.05, 3.63) is 119 Å². The number of rotatable bonds is 24. The Labute approximate surface area is 378 Å². The Morgan fingerprint density at radius 3 is 2.36 bits per heavy atom. The molecule has 0 radical (unpaired) electrons. The number of benzene rings is 2. The molecule has 0 unspecified atom stereocenters. The van der Waals surface area contributed by atoms with E-state index in [2.05, 4.69) is 71.5 Å². The summed E-state index contributed by atoms with van der Waals surface area (Å²) in [5.41, 5.74) is 6.75. The number of ether oxygens (including phenoxy) is 4. The number of nitrogens with zero attached hydrogens (tertiary/aromatic N) is 5. The molecule has 3 atom stereocenters. The summed E-state index contributed by atoms with van der Waals surface area (Å²) in [6, 6.07) is 20.3. The second-order valence-corrected chi connectivity index (χ2v) is 17.5. The Hall–Kier alpha value is -4.71. The molecule has 64 heavy (non-hydrogen) atoms. The number of methoxy groups -OCH3 is 1. The lowest BCUT2D eigenvalue weighted by atomic mass is 9.90. The van der Waals surface area contributed by atoms with Crippen LogP contribution >= 0.6 is 0 Å². The highest BCUT2D eigenvalue weighted by Crippen LogP contribution is 2.41. The SMILES string of the molecule is COC[C@H]1CN[C@H](C)CN1CC(=O)N1CC(C)(C)c2nc(CN(C)CCOCCOCCOCCN[C@H](C)c3ccc(C(=O)Nc4ccncc4)cc3)c(Cc3ccc(F)cc3)cc21. The average molecular weight is 883 g/mol. The van der Waals surface area contributed by atoms with Crippen molar-refractivity contribution in [2.24, 2.45) is 0 Å². The van der Waals surface area contributed by atoms with Gasteiger partial charge >= 0.3 is 0 Å². The molecule has 346 valence electrons. The van der Waals surface area contributed by atoms with E-state index in [1.54, 1.807) is 31.6 Å². The Kier molecular flexibility index (Phi) is 18.3. The topological polar surface area (TPSA) is 143 Å². The summed E-state index contributed by atoms with van der Waals surface area (Å²) in [7, 11) is 3.75. The molecule has 3 N–H and O–H groups in total. The molecule has 2 aliphatic heterocycles. The number of fused-ring (bicyclic) bond motifs is 1. The third-order valence-electron chi connectivity index (χ3n) is 11.8. The van der Waals surface area contributed by atoms with E-state index in [1.807, 2.05) is 41.3 Å². The lowest BCUT2D eigenvalue weighted by molar-refractivity contribution is -0.121. The fraction of sp³-hybridized carbons (Fsp3) is 0.510. The number of likely N-dealkylation sites (N-methyl/N-ethyl adjacent to an activating group) is 1. The summed E-state index contributed by atoms with van der Waals surface area (Å²) in [5.74, 6) is -0.381. The lowest BCUT2D eigenvalue weighted by Gasteiger charge is -2.39. The minimum Gasteiger partial charge on any atom is -0.383 e. The zero-order valence-corrected chi connectivity index (χ0v) is 38.4. The van der Waals surface area contributed by atoms with Gasteiger partial charge in [-0.15, -0.1) is 0 Å². The Balaban J connectivity index is 0.908. The van der Waals surface area contributed by atoms with E-state index in [0.717, 1.165) is 46.9 Å².